The van der Waals surface area contributed by atoms with Crippen LogP contribution in [0, 0.1) is 0 Å². The van der Waals surface area contributed by atoms with Gasteiger partial charge in [-0.15, -0.1) is 0 Å². The Hall–Kier alpha value is 0.279. The van der Waals surface area contributed by atoms with Crippen molar-refractivity contribution in [1.29, 1.82) is 0 Å². The predicted octanol–water partition coefficient (Wildman–Crippen LogP) is -5.53. The molecular weight excluding hydrogens is 151 g/mol. The van der Waals surface area contributed by atoms with Gasteiger partial charge in [-0.1, -0.05) is 0 Å². The Balaban J connectivity index is 0. The maximum atomic E-state index is 0. The zero-order valence-electron chi connectivity index (χ0n) is 3.84. The van der Waals surface area contributed by atoms with Crippen LogP contribution >= 0.6 is 0 Å². The molecule has 6 nitrogen and oxygen atoms in total. The third-order valence-corrected chi connectivity index (χ3v) is 0. The largest absolute Gasteiger partial charge is 2.00 e. The molecule has 0 aromatic rings. The van der Waals surface area contributed by atoms with Crippen molar-refractivity contribution in [2.45, 2.75) is 0 Å². The average molecular weight is 169 g/mol. The molecule has 7 heavy (non-hydrogen) atoms. The SMILES string of the molecule is [Mn+2].[OH3+].[OH3+].[OH3+].[OH3+].[OH3+].[OH3+]. The summed E-state index contributed by atoms with van der Waals surface area (Å²) in [5.41, 5.74) is 0. The van der Waals surface area contributed by atoms with Gasteiger partial charge >= 0.3 is 17.1 Å². The van der Waals surface area contributed by atoms with E-state index in [1.165, 1.54) is 0 Å². The fraction of sp³-hybridized carbons (Fsp3) is 0. The molecule has 0 aliphatic heterocycles. The molecule has 0 unspecified atom stereocenters. The fourth-order valence-corrected chi connectivity index (χ4v) is 0. The van der Waals surface area contributed by atoms with Crippen molar-refractivity contribution >= 4 is 0 Å². The Morgan fingerprint density at radius 1 is 0.286 bits per heavy atom. The molecule has 0 rings (SSSR count). The molecule has 0 bridgehead atoms. The van der Waals surface area contributed by atoms with Gasteiger partial charge in [-0.05, 0) is 0 Å². The van der Waals surface area contributed by atoms with E-state index >= 15 is 0 Å². The van der Waals surface area contributed by atoms with E-state index in [4.69, 9.17) is 0 Å². The van der Waals surface area contributed by atoms with E-state index in [9.17, 15) is 0 Å². The molecule has 0 atom stereocenters. The number of hydrogen-bond acceptors (Lipinski definition) is 0. The molecule has 0 aliphatic rings. The Bertz CT molecular complexity index is 4.14. The summed E-state index contributed by atoms with van der Waals surface area (Å²) in [5.74, 6) is 0. The minimum absolute atomic E-state index is 0. The predicted molar refractivity (Wildman–Crippen MR) is 29.2 cm³/mol. The van der Waals surface area contributed by atoms with Gasteiger partial charge in [0.1, 0.15) is 0 Å². The molecule has 0 saturated heterocycles. The summed E-state index contributed by atoms with van der Waals surface area (Å²) in [6.45, 7) is 0. The maximum Gasteiger partial charge on any atom is 2.00 e. The van der Waals surface area contributed by atoms with Crippen LogP contribution in [0.1, 0.15) is 0 Å². The minimum atomic E-state index is 0. The second kappa shape index (κ2) is 2240. The summed E-state index contributed by atoms with van der Waals surface area (Å²) >= 11 is 0. The Morgan fingerprint density at radius 2 is 0.286 bits per heavy atom. The maximum absolute atomic E-state index is 0. The van der Waals surface area contributed by atoms with Crippen molar-refractivity contribution in [2.24, 2.45) is 0 Å². The molecular formula is H18MnO6+8. The summed E-state index contributed by atoms with van der Waals surface area (Å²) in [4.78, 5) is 0. The van der Waals surface area contributed by atoms with Crippen molar-refractivity contribution in [3.63, 3.8) is 0 Å². The van der Waals surface area contributed by atoms with Crippen LogP contribution in [0.4, 0.5) is 0 Å². The van der Waals surface area contributed by atoms with Crippen LogP contribution in [-0.2, 0) is 49.9 Å². The Kier molecular flexibility index (Phi) is 1180000. The van der Waals surface area contributed by atoms with Crippen LogP contribution in [0.2, 0.25) is 0 Å². The van der Waals surface area contributed by atoms with Crippen molar-refractivity contribution in [3.8, 4) is 0 Å². The average Bonchev–Trinajstić information content (AvgIpc) is 0. The molecule has 0 heterocycles. The zero-order valence-corrected chi connectivity index (χ0v) is 5.02. The van der Waals surface area contributed by atoms with Crippen LogP contribution in [0.25, 0.3) is 0 Å². The van der Waals surface area contributed by atoms with Gasteiger partial charge in [0, 0.05) is 0 Å². The van der Waals surface area contributed by atoms with Crippen LogP contribution in [0.5, 0.6) is 0 Å². The molecule has 7 heteroatoms. The topological polar surface area (TPSA) is 198 Å². The number of hydrogen-bond donors (Lipinski definition) is 0. The zero-order chi connectivity index (χ0) is 0. The monoisotopic (exact) mass is 169 g/mol. The molecule has 0 fully saturated rings. The van der Waals surface area contributed by atoms with Crippen LogP contribution in [0.3, 0.4) is 0 Å². The third kappa shape index (κ3) is 1470. The molecule has 18 N–H and O–H groups in total. The molecule has 53 valence electrons. The van der Waals surface area contributed by atoms with Crippen molar-refractivity contribution in [3.05, 3.63) is 0 Å². The smallest absolute Gasteiger partial charge is 0.457 e. The van der Waals surface area contributed by atoms with E-state index in [1.807, 2.05) is 0 Å². The summed E-state index contributed by atoms with van der Waals surface area (Å²) < 4.78 is 0. The second-order valence-electron chi connectivity index (χ2n) is 0. The van der Waals surface area contributed by atoms with E-state index in [0.29, 0.717) is 0 Å². The van der Waals surface area contributed by atoms with E-state index < -0.39 is 0 Å². The second-order valence-corrected chi connectivity index (χ2v) is 0. The molecule has 0 amide bonds. The first-order valence-corrected chi connectivity index (χ1v) is 0. The van der Waals surface area contributed by atoms with Gasteiger partial charge < -0.3 is 32.9 Å². The first kappa shape index (κ1) is 3670. The standard InChI is InChI=1S/Mn.6H2O/h;6*1H2/q+2;;;;;;/p+6. The van der Waals surface area contributed by atoms with Crippen molar-refractivity contribution in [1.82, 2.24) is 0 Å². The molecule has 0 spiro atoms. The van der Waals surface area contributed by atoms with Crippen LogP contribution < -0.4 is 0 Å². The minimum Gasteiger partial charge on any atom is -0.457 e. The molecule has 0 aromatic carbocycles. The molecule has 0 saturated carbocycles. The van der Waals surface area contributed by atoms with E-state index in [-0.39, 0.29) is 49.9 Å². The molecule has 0 aromatic heterocycles. The summed E-state index contributed by atoms with van der Waals surface area (Å²) in [7, 11) is 0. The van der Waals surface area contributed by atoms with Gasteiger partial charge in [-0.25, -0.2) is 0 Å². The van der Waals surface area contributed by atoms with Crippen molar-refractivity contribution in [2.75, 3.05) is 0 Å². The van der Waals surface area contributed by atoms with Gasteiger partial charge in [0.25, 0.3) is 0 Å². The van der Waals surface area contributed by atoms with E-state index in [2.05, 4.69) is 0 Å². The molecule has 1 radical (unpaired) electrons. The Morgan fingerprint density at radius 3 is 0.286 bits per heavy atom. The third-order valence-electron chi connectivity index (χ3n) is 0. The first-order valence-electron chi connectivity index (χ1n) is 0. The summed E-state index contributed by atoms with van der Waals surface area (Å²) in [6, 6.07) is 0. The van der Waals surface area contributed by atoms with E-state index in [1.54, 1.807) is 0 Å². The normalized spacial score (nSPS) is 0. The number of rotatable bonds is 0. The van der Waals surface area contributed by atoms with Crippen molar-refractivity contribution < 1.29 is 49.9 Å². The fourth-order valence-electron chi connectivity index (χ4n) is 0. The van der Waals surface area contributed by atoms with Gasteiger partial charge in [-0.2, -0.15) is 0 Å². The van der Waals surface area contributed by atoms with Crippen LogP contribution in [-0.4, -0.2) is 0 Å². The first-order chi connectivity index (χ1) is 0. The summed E-state index contributed by atoms with van der Waals surface area (Å²) in [5, 5.41) is 0. The van der Waals surface area contributed by atoms with Gasteiger partial charge in [0.2, 0.25) is 0 Å². The summed E-state index contributed by atoms with van der Waals surface area (Å²) in [6.07, 6.45) is 0. The van der Waals surface area contributed by atoms with Gasteiger partial charge in [0.05, 0.1) is 0 Å². The molecule has 0 aliphatic carbocycles. The Labute approximate surface area is 50.8 Å². The van der Waals surface area contributed by atoms with Crippen LogP contribution in [0.15, 0.2) is 0 Å². The quantitative estimate of drug-likeness (QED) is 0.246. The van der Waals surface area contributed by atoms with Gasteiger partial charge in [0.15, 0.2) is 0 Å². The van der Waals surface area contributed by atoms with E-state index in [0.717, 1.165) is 0 Å². The van der Waals surface area contributed by atoms with Gasteiger partial charge in [-0.3, -0.25) is 0 Å².